The lowest BCUT2D eigenvalue weighted by Gasteiger charge is -2.11. The average molecular weight is 403 g/mol. The largest absolute Gasteiger partial charge is 0.483 e. The highest BCUT2D eigenvalue weighted by Gasteiger charge is 2.08. The first-order chi connectivity index (χ1) is 11.9. The van der Waals surface area contributed by atoms with Crippen molar-refractivity contribution in [2.45, 2.75) is 33.6 Å². The van der Waals surface area contributed by atoms with E-state index in [1.165, 1.54) is 5.56 Å². The molecule has 0 aromatic heterocycles. The van der Waals surface area contributed by atoms with Gasteiger partial charge in [-0.25, -0.2) is 5.43 Å². The molecule has 0 unspecified atom stereocenters. The van der Waals surface area contributed by atoms with Crippen LogP contribution in [0.3, 0.4) is 0 Å². The minimum atomic E-state index is -0.295. The normalized spacial score (nSPS) is 11.1. The zero-order valence-corrected chi connectivity index (χ0v) is 16.6. The van der Waals surface area contributed by atoms with Gasteiger partial charge in [0.25, 0.3) is 5.91 Å². The van der Waals surface area contributed by atoms with Crippen LogP contribution in [0.5, 0.6) is 5.75 Å². The third-order valence-corrected chi connectivity index (χ3v) is 4.24. The van der Waals surface area contributed by atoms with Gasteiger partial charge in [-0.05, 0) is 54.2 Å². The summed E-state index contributed by atoms with van der Waals surface area (Å²) in [6.07, 6.45) is 1.62. The number of carbonyl (C=O) groups excluding carboxylic acids is 1. The van der Waals surface area contributed by atoms with Gasteiger partial charge in [0.1, 0.15) is 5.75 Å². The highest BCUT2D eigenvalue weighted by Crippen LogP contribution is 2.27. The Labute approximate surface area is 157 Å². The number of hydrazone groups is 1. The molecule has 25 heavy (non-hydrogen) atoms. The topological polar surface area (TPSA) is 50.7 Å². The van der Waals surface area contributed by atoms with Crippen molar-refractivity contribution in [3.63, 3.8) is 0 Å². The maximum atomic E-state index is 11.9. The second kappa shape index (κ2) is 8.81. The average Bonchev–Trinajstić information content (AvgIpc) is 2.54. The molecule has 0 bridgehead atoms. The molecule has 2 rings (SSSR count). The van der Waals surface area contributed by atoms with Crippen molar-refractivity contribution in [1.29, 1.82) is 0 Å². The molecule has 0 radical (unpaired) electrons. The van der Waals surface area contributed by atoms with Gasteiger partial charge in [-0.2, -0.15) is 5.10 Å². The number of hydrogen-bond acceptors (Lipinski definition) is 3. The second-order valence-electron chi connectivity index (χ2n) is 6.27. The van der Waals surface area contributed by atoms with Crippen LogP contribution in [0.25, 0.3) is 0 Å². The van der Waals surface area contributed by atoms with Crippen LogP contribution >= 0.6 is 15.9 Å². The van der Waals surface area contributed by atoms with E-state index in [1.807, 2.05) is 38.1 Å². The van der Waals surface area contributed by atoms with Crippen LogP contribution in [0.4, 0.5) is 0 Å². The Balaban J connectivity index is 1.86. The lowest BCUT2D eigenvalue weighted by molar-refractivity contribution is -0.123. The van der Waals surface area contributed by atoms with Gasteiger partial charge in [0.05, 0.1) is 6.21 Å². The molecule has 0 saturated carbocycles. The number of rotatable bonds is 6. The third kappa shape index (κ3) is 5.71. The quantitative estimate of drug-likeness (QED) is 0.561. The van der Waals surface area contributed by atoms with E-state index in [4.69, 9.17) is 4.74 Å². The first kappa shape index (κ1) is 19.2. The summed E-state index contributed by atoms with van der Waals surface area (Å²) in [5.74, 6) is 0.928. The van der Waals surface area contributed by atoms with E-state index in [-0.39, 0.29) is 12.5 Å². The van der Waals surface area contributed by atoms with Crippen molar-refractivity contribution in [2.75, 3.05) is 6.61 Å². The Kier molecular flexibility index (Phi) is 6.76. The van der Waals surface area contributed by atoms with Gasteiger partial charge in [-0.15, -0.1) is 0 Å². The number of amides is 1. The van der Waals surface area contributed by atoms with Gasteiger partial charge in [-0.1, -0.05) is 54.0 Å². The van der Waals surface area contributed by atoms with Crippen LogP contribution in [0.2, 0.25) is 0 Å². The summed E-state index contributed by atoms with van der Waals surface area (Å²) >= 11 is 3.44. The summed E-state index contributed by atoms with van der Waals surface area (Å²) < 4.78 is 6.62. The summed E-state index contributed by atoms with van der Waals surface area (Å²) in [4.78, 5) is 11.9. The Morgan fingerprint density at radius 2 is 1.80 bits per heavy atom. The number of nitrogens with zero attached hydrogens (tertiary/aromatic N) is 1. The zero-order valence-electron chi connectivity index (χ0n) is 15.0. The number of nitrogens with one attached hydrogen (secondary N) is 1. The van der Waals surface area contributed by atoms with Gasteiger partial charge in [0.15, 0.2) is 6.61 Å². The molecule has 132 valence electrons. The molecule has 5 heteroatoms. The lowest BCUT2D eigenvalue weighted by atomic mass is 10.0. The third-order valence-electron chi connectivity index (χ3n) is 3.78. The summed E-state index contributed by atoms with van der Waals surface area (Å²) in [5.41, 5.74) is 6.65. The number of aryl methyl sites for hydroxylation is 2. The molecule has 1 amide bonds. The predicted octanol–water partition coefficient (Wildman–Crippen LogP) is 4.72. The Morgan fingerprint density at radius 3 is 2.36 bits per heavy atom. The maximum Gasteiger partial charge on any atom is 0.277 e. The summed E-state index contributed by atoms with van der Waals surface area (Å²) in [7, 11) is 0. The van der Waals surface area contributed by atoms with Crippen molar-refractivity contribution in [2.24, 2.45) is 5.10 Å². The molecule has 0 aliphatic heterocycles. The van der Waals surface area contributed by atoms with Gasteiger partial charge >= 0.3 is 0 Å². The van der Waals surface area contributed by atoms with Crippen LogP contribution < -0.4 is 10.2 Å². The fourth-order valence-corrected chi connectivity index (χ4v) is 3.13. The Morgan fingerprint density at radius 1 is 1.20 bits per heavy atom. The molecule has 2 aromatic carbocycles. The second-order valence-corrected chi connectivity index (χ2v) is 7.19. The molecular weight excluding hydrogens is 380 g/mol. The molecule has 0 aliphatic rings. The van der Waals surface area contributed by atoms with Crippen molar-refractivity contribution >= 4 is 28.1 Å². The van der Waals surface area contributed by atoms with Crippen LogP contribution in [0, 0.1) is 13.8 Å². The molecule has 0 atom stereocenters. The number of carbonyl (C=O) groups is 1. The van der Waals surface area contributed by atoms with E-state index in [9.17, 15) is 4.79 Å². The monoisotopic (exact) mass is 402 g/mol. The maximum absolute atomic E-state index is 11.9. The summed E-state index contributed by atoms with van der Waals surface area (Å²) in [6, 6.07) is 12.0. The summed E-state index contributed by atoms with van der Waals surface area (Å²) in [6.45, 7) is 8.12. The molecule has 0 heterocycles. The van der Waals surface area contributed by atoms with Crippen LogP contribution in [0.1, 0.15) is 42.0 Å². The van der Waals surface area contributed by atoms with Crippen molar-refractivity contribution in [1.82, 2.24) is 5.43 Å². The molecule has 0 saturated heterocycles. The van der Waals surface area contributed by atoms with Gasteiger partial charge < -0.3 is 4.74 Å². The molecular formula is C20H23BrN2O2. The standard InChI is InChI=1S/C20H23BrN2O2/c1-13(2)17-7-5-16(6-8-17)11-22-23-19(24)12-25-20-14(3)9-18(21)10-15(20)4/h5-11,13H,12H2,1-4H3,(H,23,24)/b22-11+. The van der Waals surface area contributed by atoms with Crippen LogP contribution in [0.15, 0.2) is 46.0 Å². The zero-order chi connectivity index (χ0) is 18.4. The molecule has 0 aliphatic carbocycles. The molecule has 4 nitrogen and oxygen atoms in total. The number of ether oxygens (including phenoxy) is 1. The Bertz CT molecular complexity index is 745. The van der Waals surface area contributed by atoms with Gasteiger partial charge in [-0.3, -0.25) is 4.79 Å². The molecule has 1 N–H and O–H groups in total. The highest BCUT2D eigenvalue weighted by atomic mass is 79.9. The van der Waals surface area contributed by atoms with E-state index in [0.29, 0.717) is 5.92 Å². The van der Waals surface area contributed by atoms with E-state index in [1.54, 1.807) is 6.21 Å². The van der Waals surface area contributed by atoms with Crippen LogP contribution in [-0.4, -0.2) is 18.7 Å². The van der Waals surface area contributed by atoms with Crippen LogP contribution in [-0.2, 0) is 4.79 Å². The minimum absolute atomic E-state index is 0.0764. The smallest absolute Gasteiger partial charge is 0.277 e. The fourth-order valence-electron chi connectivity index (χ4n) is 2.44. The van der Waals surface area contributed by atoms with Gasteiger partial charge in [0, 0.05) is 4.47 Å². The minimum Gasteiger partial charge on any atom is -0.483 e. The molecule has 2 aromatic rings. The highest BCUT2D eigenvalue weighted by molar-refractivity contribution is 9.10. The predicted molar refractivity (Wildman–Crippen MR) is 105 cm³/mol. The summed E-state index contributed by atoms with van der Waals surface area (Å²) in [5, 5.41) is 3.98. The van der Waals surface area contributed by atoms with E-state index in [2.05, 4.69) is 52.4 Å². The number of benzene rings is 2. The van der Waals surface area contributed by atoms with E-state index < -0.39 is 0 Å². The van der Waals surface area contributed by atoms with E-state index in [0.717, 1.165) is 26.9 Å². The van der Waals surface area contributed by atoms with E-state index >= 15 is 0 Å². The first-order valence-corrected chi connectivity index (χ1v) is 8.97. The van der Waals surface area contributed by atoms with Crippen molar-refractivity contribution < 1.29 is 9.53 Å². The number of hydrogen-bond donors (Lipinski definition) is 1. The Hall–Kier alpha value is -2.14. The molecule has 0 fully saturated rings. The van der Waals surface area contributed by atoms with Crippen molar-refractivity contribution in [3.05, 3.63) is 63.1 Å². The fraction of sp³-hybridized carbons (Fsp3) is 0.300. The lowest BCUT2D eigenvalue weighted by Crippen LogP contribution is -2.25. The van der Waals surface area contributed by atoms with Gasteiger partial charge in [0.2, 0.25) is 0 Å². The van der Waals surface area contributed by atoms with Crippen molar-refractivity contribution in [3.8, 4) is 5.75 Å². The first-order valence-electron chi connectivity index (χ1n) is 8.18. The molecule has 0 spiro atoms. The SMILES string of the molecule is Cc1cc(Br)cc(C)c1OCC(=O)N/N=C/c1ccc(C(C)C)cc1. The number of halogens is 1.